The molecule has 1 atom stereocenters. The molecule has 2 aromatic carbocycles. The van der Waals surface area contributed by atoms with E-state index in [9.17, 15) is 0 Å². The van der Waals surface area contributed by atoms with Gasteiger partial charge in [0, 0.05) is 11.8 Å². The first-order chi connectivity index (χ1) is 9.33. The zero-order valence-corrected chi connectivity index (χ0v) is 11.6. The fourth-order valence-electron chi connectivity index (χ4n) is 2.04. The van der Waals surface area contributed by atoms with Crippen molar-refractivity contribution in [3.8, 4) is 22.4 Å². The third-order valence-electron chi connectivity index (χ3n) is 3.09. The van der Waals surface area contributed by atoms with Gasteiger partial charge in [-0.15, -0.1) is 9.24 Å². The summed E-state index contributed by atoms with van der Waals surface area (Å²) in [5.41, 5.74) is 4.62. The molecular weight excluding hydrogens is 249 g/mol. The third-order valence-corrected chi connectivity index (χ3v) is 3.47. The number of benzene rings is 2. The first kappa shape index (κ1) is 12.1. The number of nitrogens with zero attached hydrogens (tertiary/aromatic N) is 1. The second kappa shape index (κ2) is 5.34. The predicted octanol–water partition coefficient (Wildman–Crippen LogP) is 3.92. The van der Waals surface area contributed by atoms with Crippen LogP contribution in [0.25, 0.3) is 22.4 Å². The number of hydrogen-bond donors (Lipinski definition) is 0. The summed E-state index contributed by atoms with van der Waals surface area (Å²) in [5.74, 6) is 0. The summed E-state index contributed by atoms with van der Waals surface area (Å²) in [7, 11) is 2.70. The van der Waals surface area contributed by atoms with Crippen molar-refractivity contribution in [2.75, 3.05) is 0 Å². The molecule has 3 aromatic rings. The molecule has 0 bridgehead atoms. The summed E-state index contributed by atoms with van der Waals surface area (Å²) in [5, 5.41) is 1.20. The molecule has 0 aliphatic rings. The molecule has 0 aliphatic carbocycles. The minimum Gasteiger partial charge on any atom is -0.256 e. The lowest BCUT2D eigenvalue weighted by molar-refractivity contribution is 1.33. The number of hydrogen-bond acceptors (Lipinski definition) is 1. The van der Waals surface area contributed by atoms with Gasteiger partial charge in [0.25, 0.3) is 0 Å². The van der Waals surface area contributed by atoms with Crippen molar-refractivity contribution in [3.63, 3.8) is 0 Å². The van der Waals surface area contributed by atoms with Crippen LogP contribution in [0.15, 0.2) is 72.9 Å². The second-order valence-electron chi connectivity index (χ2n) is 4.41. The maximum atomic E-state index is 4.36. The van der Waals surface area contributed by atoms with Gasteiger partial charge >= 0.3 is 0 Å². The van der Waals surface area contributed by atoms with Crippen molar-refractivity contribution in [1.29, 1.82) is 0 Å². The fraction of sp³-hybridized carbons (Fsp3) is 0. The highest BCUT2D eigenvalue weighted by molar-refractivity contribution is 7.27. The van der Waals surface area contributed by atoms with Gasteiger partial charge in [-0.2, -0.15) is 0 Å². The van der Waals surface area contributed by atoms with E-state index in [1.807, 2.05) is 24.4 Å². The molecule has 0 saturated carbocycles. The van der Waals surface area contributed by atoms with Crippen LogP contribution in [0.1, 0.15) is 0 Å². The molecule has 19 heavy (non-hydrogen) atoms. The molecule has 2 heteroatoms. The summed E-state index contributed by atoms with van der Waals surface area (Å²) < 4.78 is 0. The van der Waals surface area contributed by atoms with E-state index in [0.717, 1.165) is 11.3 Å². The van der Waals surface area contributed by atoms with Gasteiger partial charge in [0.1, 0.15) is 0 Å². The molecule has 0 amide bonds. The van der Waals surface area contributed by atoms with Crippen molar-refractivity contribution in [1.82, 2.24) is 4.98 Å². The summed E-state index contributed by atoms with van der Waals surface area (Å²) in [6.07, 6.45) is 1.82. The average Bonchev–Trinajstić information content (AvgIpc) is 2.49. The van der Waals surface area contributed by atoms with Crippen molar-refractivity contribution in [3.05, 3.63) is 72.9 Å². The zero-order valence-electron chi connectivity index (χ0n) is 10.5. The molecule has 0 saturated heterocycles. The van der Waals surface area contributed by atoms with Crippen LogP contribution in [0, 0.1) is 0 Å². The maximum absolute atomic E-state index is 4.36. The molecule has 92 valence electrons. The van der Waals surface area contributed by atoms with Crippen molar-refractivity contribution < 1.29 is 0 Å². The fourth-order valence-corrected chi connectivity index (χ4v) is 2.23. The van der Waals surface area contributed by atoms with Crippen molar-refractivity contribution in [2.45, 2.75) is 0 Å². The molecule has 0 fully saturated rings. The number of pyridine rings is 1. The lowest BCUT2D eigenvalue weighted by atomic mass is 10.0. The van der Waals surface area contributed by atoms with E-state index in [-0.39, 0.29) is 0 Å². The Kier molecular flexibility index (Phi) is 3.39. The monoisotopic (exact) mass is 263 g/mol. The molecule has 1 unspecified atom stereocenters. The van der Waals surface area contributed by atoms with Crippen LogP contribution in [-0.4, -0.2) is 4.98 Å². The second-order valence-corrected chi connectivity index (χ2v) is 5.08. The number of aromatic nitrogens is 1. The topological polar surface area (TPSA) is 12.9 Å². The van der Waals surface area contributed by atoms with E-state index >= 15 is 0 Å². The molecule has 0 spiro atoms. The first-order valence-electron chi connectivity index (χ1n) is 6.20. The highest BCUT2D eigenvalue weighted by atomic mass is 31.0. The van der Waals surface area contributed by atoms with Gasteiger partial charge < -0.3 is 0 Å². The molecule has 0 radical (unpaired) electrons. The van der Waals surface area contributed by atoms with Gasteiger partial charge in [0.05, 0.1) is 5.69 Å². The summed E-state index contributed by atoms with van der Waals surface area (Å²) in [4.78, 5) is 4.36. The largest absolute Gasteiger partial charge is 0.256 e. The Morgan fingerprint density at radius 2 is 1.21 bits per heavy atom. The lowest BCUT2D eigenvalue weighted by Crippen LogP contribution is -1.88. The average molecular weight is 263 g/mol. The first-order valence-corrected chi connectivity index (χ1v) is 6.78. The lowest BCUT2D eigenvalue weighted by Gasteiger charge is -2.04. The minimum atomic E-state index is 1.01. The van der Waals surface area contributed by atoms with Crippen LogP contribution in [0.5, 0.6) is 0 Å². The Balaban J connectivity index is 1.93. The van der Waals surface area contributed by atoms with Crippen LogP contribution < -0.4 is 5.30 Å². The van der Waals surface area contributed by atoms with E-state index in [0.29, 0.717) is 0 Å². The zero-order chi connectivity index (χ0) is 13.1. The van der Waals surface area contributed by atoms with E-state index in [4.69, 9.17) is 0 Å². The van der Waals surface area contributed by atoms with E-state index in [1.54, 1.807) is 0 Å². The van der Waals surface area contributed by atoms with Gasteiger partial charge in [-0.1, -0.05) is 54.6 Å². The van der Waals surface area contributed by atoms with Gasteiger partial charge in [0.2, 0.25) is 0 Å². The minimum absolute atomic E-state index is 1.01. The summed E-state index contributed by atoms with van der Waals surface area (Å²) in [6.45, 7) is 0. The van der Waals surface area contributed by atoms with E-state index < -0.39 is 0 Å². The predicted molar refractivity (Wildman–Crippen MR) is 84.5 cm³/mol. The molecule has 0 aliphatic heterocycles. The van der Waals surface area contributed by atoms with Crippen LogP contribution >= 0.6 is 9.24 Å². The van der Waals surface area contributed by atoms with Crippen LogP contribution in [0.2, 0.25) is 0 Å². The Labute approximate surface area is 115 Å². The summed E-state index contributed by atoms with van der Waals surface area (Å²) >= 11 is 0. The van der Waals surface area contributed by atoms with Gasteiger partial charge in [0.15, 0.2) is 0 Å². The Morgan fingerprint density at radius 3 is 1.79 bits per heavy atom. The molecule has 1 nitrogen and oxygen atoms in total. The highest BCUT2D eigenvalue weighted by Gasteiger charge is 2.00. The van der Waals surface area contributed by atoms with Crippen LogP contribution in [-0.2, 0) is 0 Å². The van der Waals surface area contributed by atoms with Crippen molar-refractivity contribution in [2.24, 2.45) is 0 Å². The SMILES string of the molecule is Pc1ccc(-c2ccc(-c3ccccn3)cc2)cc1. The van der Waals surface area contributed by atoms with E-state index in [1.165, 1.54) is 16.4 Å². The smallest absolute Gasteiger partial charge is 0.0701 e. The van der Waals surface area contributed by atoms with Gasteiger partial charge in [-0.3, -0.25) is 4.98 Å². The van der Waals surface area contributed by atoms with E-state index in [2.05, 4.69) is 62.8 Å². The third kappa shape index (κ3) is 2.72. The Morgan fingerprint density at radius 1 is 0.632 bits per heavy atom. The van der Waals surface area contributed by atoms with Gasteiger partial charge in [-0.05, 0) is 28.6 Å². The van der Waals surface area contributed by atoms with Crippen LogP contribution in [0.4, 0.5) is 0 Å². The molecule has 1 heterocycles. The Hall–Kier alpha value is -1.98. The Bertz CT molecular complexity index is 658. The van der Waals surface area contributed by atoms with Crippen LogP contribution in [0.3, 0.4) is 0 Å². The molecular formula is C17H14NP. The molecule has 0 N–H and O–H groups in total. The molecule has 3 rings (SSSR count). The molecule has 1 aromatic heterocycles. The van der Waals surface area contributed by atoms with Gasteiger partial charge in [-0.25, -0.2) is 0 Å². The van der Waals surface area contributed by atoms with Crippen molar-refractivity contribution >= 4 is 14.5 Å². The normalized spacial score (nSPS) is 10.4. The highest BCUT2D eigenvalue weighted by Crippen LogP contribution is 2.23. The standard InChI is InChI=1S/C17H14NP/c19-16-10-8-14(9-11-16)13-4-6-15(7-5-13)17-3-1-2-12-18-17/h1-12H,19H2. The number of rotatable bonds is 2. The summed E-state index contributed by atoms with van der Waals surface area (Å²) in [6, 6.07) is 23.0. The maximum Gasteiger partial charge on any atom is 0.0701 e. The quantitative estimate of drug-likeness (QED) is 0.639.